The van der Waals surface area contributed by atoms with Gasteiger partial charge in [0.25, 0.3) is 0 Å². The summed E-state index contributed by atoms with van der Waals surface area (Å²) in [5, 5.41) is 8.65. The van der Waals surface area contributed by atoms with Crippen molar-refractivity contribution in [2.45, 2.75) is 31.5 Å². The molecule has 28 heavy (non-hydrogen) atoms. The molecule has 148 valence electrons. The first kappa shape index (κ1) is 18.5. The van der Waals surface area contributed by atoms with Gasteiger partial charge in [-0.2, -0.15) is 13.2 Å². The number of hydrogen-bond acceptors (Lipinski definition) is 5. The molecule has 0 bridgehead atoms. The molecule has 1 aliphatic rings. The van der Waals surface area contributed by atoms with Crippen molar-refractivity contribution in [1.29, 1.82) is 0 Å². The van der Waals surface area contributed by atoms with Crippen LogP contribution in [0, 0.1) is 0 Å². The monoisotopic (exact) mass is 391 g/mol. The van der Waals surface area contributed by atoms with E-state index in [1.54, 1.807) is 12.5 Å². The molecule has 3 aromatic heterocycles. The van der Waals surface area contributed by atoms with Gasteiger partial charge in [-0.15, -0.1) is 10.2 Å². The van der Waals surface area contributed by atoms with E-state index in [1.807, 2.05) is 27.3 Å². The number of imidazole rings is 1. The van der Waals surface area contributed by atoms with Crippen molar-refractivity contribution in [1.82, 2.24) is 29.3 Å². The largest absolute Gasteiger partial charge is 0.416 e. The molecule has 0 saturated carbocycles. The minimum absolute atomic E-state index is 0.0825. The summed E-state index contributed by atoms with van der Waals surface area (Å²) in [6, 6.07) is 2.11. The van der Waals surface area contributed by atoms with Crippen LogP contribution in [-0.2, 0) is 19.8 Å². The van der Waals surface area contributed by atoms with E-state index in [9.17, 15) is 13.2 Å². The Hall–Kier alpha value is -2.91. The molecule has 7 nitrogen and oxygen atoms in total. The Morgan fingerprint density at radius 3 is 2.82 bits per heavy atom. The van der Waals surface area contributed by atoms with Gasteiger partial charge < -0.3 is 14.0 Å². The maximum Gasteiger partial charge on any atom is 0.416 e. The highest BCUT2D eigenvalue weighted by Gasteiger charge is 2.32. The van der Waals surface area contributed by atoms with E-state index in [0.717, 1.165) is 36.6 Å². The lowest BCUT2D eigenvalue weighted by Crippen LogP contribution is -2.36. The van der Waals surface area contributed by atoms with Crippen molar-refractivity contribution < 1.29 is 13.2 Å². The highest BCUT2D eigenvalue weighted by molar-refractivity contribution is 5.43. The van der Waals surface area contributed by atoms with E-state index >= 15 is 0 Å². The summed E-state index contributed by atoms with van der Waals surface area (Å²) >= 11 is 0. The molecular weight excluding hydrogens is 371 g/mol. The van der Waals surface area contributed by atoms with Crippen LogP contribution in [0.4, 0.5) is 19.0 Å². The second kappa shape index (κ2) is 7.25. The Labute approximate surface area is 159 Å². The molecule has 0 aromatic carbocycles. The van der Waals surface area contributed by atoms with Crippen LogP contribution in [-0.4, -0.2) is 42.4 Å². The van der Waals surface area contributed by atoms with Gasteiger partial charge >= 0.3 is 6.18 Å². The van der Waals surface area contributed by atoms with Crippen LogP contribution in [0.3, 0.4) is 0 Å². The van der Waals surface area contributed by atoms with Crippen LogP contribution in [0.25, 0.3) is 0 Å². The number of hydrogen-bond donors (Lipinski definition) is 0. The Bertz CT molecular complexity index is 933. The van der Waals surface area contributed by atoms with Crippen LogP contribution in [0.15, 0.2) is 37.1 Å². The predicted octanol–water partition coefficient (Wildman–Crippen LogP) is 2.86. The van der Waals surface area contributed by atoms with Crippen molar-refractivity contribution in [3.63, 3.8) is 0 Å². The first-order chi connectivity index (χ1) is 13.4. The molecule has 1 saturated heterocycles. The Morgan fingerprint density at radius 2 is 2.07 bits per heavy atom. The second-order valence-electron chi connectivity index (χ2n) is 6.95. The van der Waals surface area contributed by atoms with Crippen LogP contribution >= 0.6 is 0 Å². The lowest BCUT2D eigenvalue weighted by Gasteiger charge is -2.33. The number of piperidine rings is 1. The van der Waals surface area contributed by atoms with E-state index in [-0.39, 0.29) is 5.92 Å². The smallest absolute Gasteiger partial charge is 0.356 e. The number of alkyl halides is 3. The number of anilines is 1. The van der Waals surface area contributed by atoms with E-state index in [2.05, 4.69) is 20.2 Å². The zero-order valence-electron chi connectivity index (χ0n) is 15.3. The molecule has 0 radical (unpaired) electrons. The fraction of sp³-hybridized carbons (Fsp3) is 0.444. The predicted molar refractivity (Wildman–Crippen MR) is 95.8 cm³/mol. The third-order valence-corrected chi connectivity index (χ3v) is 5.07. The summed E-state index contributed by atoms with van der Waals surface area (Å²) in [5.41, 5.74) is -0.680. The molecule has 0 amide bonds. The van der Waals surface area contributed by atoms with Crippen LogP contribution in [0.1, 0.15) is 36.0 Å². The van der Waals surface area contributed by atoms with Gasteiger partial charge in [0.15, 0.2) is 5.82 Å². The van der Waals surface area contributed by atoms with Crippen molar-refractivity contribution >= 4 is 5.82 Å². The zero-order valence-corrected chi connectivity index (χ0v) is 15.3. The maximum atomic E-state index is 13.0. The fourth-order valence-corrected chi connectivity index (χ4v) is 3.58. The lowest BCUT2D eigenvalue weighted by atomic mass is 9.97. The fourth-order valence-electron chi connectivity index (χ4n) is 3.58. The summed E-state index contributed by atoms with van der Waals surface area (Å²) in [7, 11) is 1.92. The lowest BCUT2D eigenvalue weighted by molar-refractivity contribution is -0.137. The molecule has 1 fully saturated rings. The Balaban J connectivity index is 1.52. The van der Waals surface area contributed by atoms with Crippen molar-refractivity contribution in [2.75, 3.05) is 18.0 Å². The van der Waals surface area contributed by atoms with Gasteiger partial charge in [0.1, 0.15) is 11.6 Å². The Morgan fingerprint density at radius 1 is 1.21 bits per heavy atom. The molecule has 0 aliphatic carbocycles. The van der Waals surface area contributed by atoms with E-state index in [0.29, 0.717) is 25.5 Å². The van der Waals surface area contributed by atoms with Crippen LogP contribution < -0.4 is 4.90 Å². The SMILES string of the molecule is Cn1c(Cn2ccnc2)nnc1[C@H]1CCCN(c2cc(C(F)(F)F)ccn2)C1. The van der Waals surface area contributed by atoms with Gasteiger partial charge in [0.05, 0.1) is 18.4 Å². The Kier molecular flexibility index (Phi) is 4.78. The van der Waals surface area contributed by atoms with Crippen molar-refractivity contribution in [2.24, 2.45) is 7.05 Å². The standard InChI is InChI=1S/C18H20F3N7/c1-26-16(11-27-8-6-22-12-27)24-25-17(26)13-3-2-7-28(10-13)15-9-14(4-5-23-15)18(19,20)21/h4-6,8-9,12-13H,2-3,7,10-11H2,1H3/t13-/m0/s1. The molecule has 4 rings (SSSR count). The molecule has 3 aromatic rings. The number of rotatable bonds is 4. The van der Waals surface area contributed by atoms with Gasteiger partial charge in [0, 0.05) is 44.6 Å². The quantitative estimate of drug-likeness (QED) is 0.684. The molecule has 1 atom stereocenters. The summed E-state index contributed by atoms with van der Waals surface area (Å²) < 4.78 is 42.9. The molecule has 0 spiro atoms. The normalized spacial score (nSPS) is 17.9. The first-order valence-electron chi connectivity index (χ1n) is 9.04. The van der Waals surface area contributed by atoms with Gasteiger partial charge in [-0.25, -0.2) is 9.97 Å². The molecular formula is C18H20F3N7. The van der Waals surface area contributed by atoms with E-state index in [1.165, 1.54) is 6.20 Å². The molecule has 0 N–H and O–H groups in total. The highest BCUT2D eigenvalue weighted by atomic mass is 19.4. The number of pyridine rings is 1. The van der Waals surface area contributed by atoms with Crippen molar-refractivity contribution in [3.8, 4) is 0 Å². The molecule has 10 heteroatoms. The van der Waals surface area contributed by atoms with Gasteiger partial charge in [-0.05, 0) is 25.0 Å². The number of aromatic nitrogens is 6. The average molecular weight is 391 g/mol. The topological polar surface area (TPSA) is 64.7 Å². The second-order valence-corrected chi connectivity index (χ2v) is 6.95. The van der Waals surface area contributed by atoms with Gasteiger partial charge in [-0.3, -0.25) is 0 Å². The zero-order chi connectivity index (χ0) is 19.7. The minimum Gasteiger partial charge on any atom is -0.356 e. The minimum atomic E-state index is -4.38. The molecule has 0 unspecified atom stereocenters. The number of halogens is 3. The van der Waals surface area contributed by atoms with Crippen molar-refractivity contribution in [3.05, 3.63) is 54.3 Å². The molecule has 4 heterocycles. The molecule has 1 aliphatic heterocycles. The van der Waals surface area contributed by atoms with E-state index in [4.69, 9.17) is 0 Å². The summed E-state index contributed by atoms with van der Waals surface area (Å²) in [4.78, 5) is 10.1. The average Bonchev–Trinajstić information content (AvgIpc) is 3.32. The number of nitrogens with zero attached hydrogens (tertiary/aromatic N) is 7. The summed E-state index contributed by atoms with van der Waals surface area (Å²) in [6.07, 6.45) is 3.88. The van der Waals surface area contributed by atoms with Crippen LogP contribution in [0.2, 0.25) is 0 Å². The van der Waals surface area contributed by atoms with E-state index < -0.39 is 11.7 Å². The first-order valence-corrected chi connectivity index (χ1v) is 9.04. The van der Waals surface area contributed by atoms with Gasteiger partial charge in [0.2, 0.25) is 0 Å². The summed E-state index contributed by atoms with van der Waals surface area (Å²) in [5.74, 6) is 2.08. The third-order valence-electron chi connectivity index (χ3n) is 5.07. The summed E-state index contributed by atoms with van der Waals surface area (Å²) in [6.45, 7) is 1.80. The highest BCUT2D eigenvalue weighted by Crippen LogP contribution is 2.33. The maximum absolute atomic E-state index is 13.0. The van der Waals surface area contributed by atoms with Gasteiger partial charge in [-0.1, -0.05) is 0 Å². The third kappa shape index (κ3) is 3.71. The van der Waals surface area contributed by atoms with Crippen LogP contribution in [0.5, 0.6) is 0 Å².